The number of hydrazine groups is 1. The van der Waals surface area contributed by atoms with Crippen LogP contribution >= 0.6 is 0 Å². The van der Waals surface area contributed by atoms with E-state index in [2.05, 4.69) is 16.2 Å². The summed E-state index contributed by atoms with van der Waals surface area (Å²) in [5.74, 6) is -0.697. The van der Waals surface area contributed by atoms with Crippen molar-refractivity contribution < 1.29 is 14.4 Å². The van der Waals surface area contributed by atoms with Crippen LogP contribution in [0.1, 0.15) is 56.5 Å². The average Bonchev–Trinajstić information content (AvgIpc) is 2.55. The van der Waals surface area contributed by atoms with Gasteiger partial charge in [0.2, 0.25) is 11.8 Å². The second-order valence-corrected chi connectivity index (χ2v) is 6.66. The number of benzene rings is 1. The Morgan fingerprint density at radius 1 is 1.00 bits per heavy atom. The molecule has 1 rings (SSSR count). The largest absolute Gasteiger partial charge is 0.356 e. The first-order valence-electron chi connectivity index (χ1n) is 8.20. The van der Waals surface area contributed by atoms with Crippen LogP contribution in [0.2, 0.25) is 0 Å². The van der Waals surface area contributed by atoms with E-state index in [-0.39, 0.29) is 24.1 Å². The predicted molar refractivity (Wildman–Crippen MR) is 93.1 cm³/mol. The second kappa shape index (κ2) is 9.05. The minimum Gasteiger partial charge on any atom is -0.356 e. The van der Waals surface area contributed by atoms with Gasteiger partial charge in [0.25, 0.3) is 5.91 Å². The van der Waals surface area contributed by atoms with Crippen molar-refractivity contribution in [3.63, 3.8) is 0 Å². The molecule has 0 aromatic heterocycles. The monoisotopic (exact) mass is 333 g/mol. The molecule has 6 heteroatoms. The standard InChI is InChI=1S/C18H27N3O3/c1-5-13-8-10-14(11-9-13)16(23)21-20-15(22)7-6-12-19-17(24)18(2,3)4/h8-11H,5-7,12H2,1-4H3,(H,19,24)(H,20,22)(H,21,23). The Morgan fingerprint density at radius 2 is 1.62 bits per heavy atom. The van der Waals surface area contributed by atoms with Gasteiger partial charge < -0.3 is 5.32 Å². The summed E-state index contributed by atoms with van der Waals surface area (Å²) in [5.41, 5.74) is 5.96. The van der Waals surface area contributed by atoms with Gasteiger partial charge in [-0.25, -0.2) is 0 Å². The van der Waals surface area contributed by atoms with Crippen molar-refractivity contribution in [2.45, 2.75) is 47.0 Å². The van der Waals surface area contributed by atoms with Crippen molar-refractivity contribution in [1.29, 1.82) is 0 Å². The van der Waals surface area contributed by atoms with Gasteiger partial charge in [-0.1, -0.05) is 39.8 Å². The zero-order valence-corrected chi connectivity index (χ0v) is 14.9. The van der Waals surface area contributed by atoms with Crippen molar-refractivity contribution in [1.82, 2.24) is 16.2 Å². The van der Waals surface area contributed by atoms with E-state index in [9.17, 15) is 14.4 Å². The molecule has 1 aromatic rings. The summed E-state index contributed by atoms with van der Waals surface area (Å²) in [6.07, 6.45) is 1.64. The summed E-state index contributed by atoms with van der Waals surface area (Å²) in [7, 11) is 0. The smallest absolute Gasteiger partial charge is 0.269 e. The summed E-state index contributed by atoms with van der Waals surface area (Å²) in [6, 6.07) is 7.22. The highest BCUT2D eigenvalue weighted by Gasteiger charge is 2.20. The van der Waals surface area contributed by atoms with E-state index in [0.717, 1.165) is 12.0 Å². The summed E-state index contributed by atoms with van der Waals surface area (Å²) < 4.78 is 0. The van der Waals surface area contributed by atoms with E-state index >= 15 is 0 Å². The van der Waals surface area contributed by atoms with Crippen LogP contribution in [-0.2, 0) is 16.0 Å². The van der Waals surface area contributed by atoms with E-state index < -0.39 is 5.41 Å². The van der Waals surface area contributed by atoms with E-state index in [1.54, 1.807) is 12.1 Å². The molecule has 0 aliphatic heterocycles. The number of aryl methyl sites for hydroxylation is 1. The zero-order valence-electron chi connectivity index (χ0n) is 14.9. The van der Waals surface area contributed by atoms with Crippen LogP contribution in [0, 0.1) is 5.41 Å². The van der Waals surface area contributed by atoms with Crippen LogP contribution in [0.25, 0.3) is 0 Å². The molecular weight excluding hydrogens is 306 g/mol. The molecule has 0 fully saturated rings. The maximum atomic E-state index is 11.9. The van der Waals surface area contributed by atoms with Gasteiger partial charge in [0.05, 0.1) is 0 Å². The molecule has 0 aliphatic rings. The van der Waals surface area contributed by atoms with Gasteiger partial charge in [0.15, 0.2) is 0 Å². The van der Waals surface area contributed by atoms with Gasteiger partial charge in [0.1, 0.15) is 0 Å². The van der Waals surface area contributed by atoms with Crippen LogP contribution in [0.5, 0.6) is 0 Å². The van der Waals surface area contributed by atoms with Gasteiger partial charge in [-0.05, 0) is 30.5 Å². The first-order chi connectivity index (χ1) is 11.2. The minimum atomic E-state index is -0.441. The molecule has 24 heavy (non-hydrogen) atoms. The third-order valence-corrected chi connectivity index (χ3v) is 3.49. The summed E-state index contributed by atoms with van der Waals surface area (Å²) in [5, 5.41) is 2.77. The number of carbonyl (C=O) groups excluding carboxylic acids is 3. The van der Waals surface area contributed by atoms with E-state index in [0.29, 0.717) is 18.5 Å². The van der Waals surface area contributed by atoms with Gasteiger partial charge in [0, 0.05) is 23.9 Å². The first kappa shape index (κ1) is 19.7. The third kappa shape index (κ3) is 6.81. The lowest BCUT2D eigenvalue weighted by Gasteiger charge is -2.17. The molecule has 0 bridgehead atoms. The summed E-state index contributed by atoms with van der Waals surface area (Å²) in [6.45, 7) is 7.96. The van der Waals surface area contributed by atoms with Crippen molar-refractivity contribution in [2.24, 2.45) is 5.41 Å². The molecule has 0 unspecified atom stereocenters. The molecule has 1 aromatic carbocycles. The number of nitrogens with one attached hydrogen (secondary N) is 3. The predicted octanol–water partition coefficient (Wildman–Crippen LogP) is 1.95. The molecule has 132 valence electrons. The van der Waals surface area contributed by atoms with Crippen molar-refractivity contribution in [3.05, 3.63) is 35.4 Å². The fraction of sp³-hybridized carbons (Fsp3) is 0.500. The van der Waals surface area contributed by atoms with Gasteiger partial charge in [-0.3, -0.25) is 25.2 Å². The third-order valence-electron chi connectivity index (χ3n) is 3.49. The normalized spacial score (nSPS) is 10.8. The molecule has 0 spiro atoms. The van der Waals surface area contributed by atoms with Crippen molar-refractivity contribution >= 4 is 17.7 Å². The number of carbonyl (C=O) groups is 3. The quantitative estimate of drug-likeness (QED) is 0.549. The molecule has 0 saturated heterocycles. The maximum Gasteiger partial charge on any atom is 0.269 e. The highest BCUT2D eigenvalue weighted by atomic mass is 16.2. The Labute approximate surface area is 143 Å². The fourth-order valence-corrected chi connectivity index (χ4v) is 1.87. The Balaban J connectivity index is 2.25. The molecule has 0 heterocycles. The van der Waals surface area contributed by atoms with E-state index in [4.69, 9.17) is 0 Å². The topological polar surface area (TPSA) is 87.3 Å². The number of amides is 3. The molecule has 6 nitrogen and oxygen atoms in total. The Bertz CT molecular complexity index is 574. The second-order valence-electron chi connectivity index (χ2n) is 6.66. The zero-order chi connectivity index (χ0) is 18.2. The van der Waals surface area contributed by atoms with Crippen molar-refractivity contribution in [2.75, 3.05) is 6.54 Å². The van der Waals surface area contributed by atoms with E-state index in [1.807, 2.05) is 39.8 Å². The van der Waals surface area contributed by atoms with Crippen LogP contribution in [0.15, 0.2) is 24.3 Å². The van der Waals surface area contributed by atoms with Crippen LogP contribution in [0.3, 0.4) is 0 Å². The number of hydrogen-bond donors (Lipinski definition) is 3. The van der Waals surface area contributed by atoms with Crippen molar-refractivity contribution in [3.8, 4) is 0 Å². The Kier molecular flexibility index (Phi) is 7.42. The number of hydrogen-bond acceptors (Lipinski definition) is 3. The van der Waals surface area contributed by atoms with Crippen LogP contribution < -0.4 is 16.2 Å². The molecular formula is C18H27N3O3. The summed E-state index contributed by atoms with van der Waals surface area (Å²) >= 11 is 0. The van der Waals surface area contributed by atoms with Gasteiger partial charge in [-0.15, -0.1) is 0 Å². The SMILES string of the molecule is CCc1ccc(C(=O)NNC(=O)CCCNC(=O)C(C)(C)C)cc1. The molecule has 0 radical (unpaired) electrons. The van der Waals surface area contributed by atoms with E-state index in [1.165, 1.54) is 0 Å². The van der Waals surface area contributed by atoms with Gasteiger partial charge >= 0.3 is 0 Å². The summed E-state index contributed by atoms with van der Waals surface area (Å²) in [4.78, 5) is 35.2. The molecule has 0 saturated carbocycles. The minimum absolute atomic E-state index is 0.0493. The lowest BCUT2D eigenvalue weighted by molar-refractivity contribution is -0.128. The highest BCUT2D eigenvalue weighted by molar-refractivity contribution is 5.95. The maximum absolute atomic E-state index is 11.9. The molecule has 3 amide bonds. The highest BCUT2D eigenvalue weighted by Crippen LogP contribution is 2.12. The fourth-order valence-electron chi connectivity index (χ4n) is 1.87. The Hall–Kier alpha value is -2.37. The number of rotatable bonds is 6. The molecule has 0 aliphatic carbocycles. The van der Waals surface area contributed by atoms with Crippen LogP contribution in [-0.4, -0.2) is 24.3 Å². The molecule has 0 atom stereocenters. The Morgan fingerprint density at radius 3 is 2.17 bits per heavy atom. The van der Waals surface area contributed by atoms with Crippen LogP contribution in [0.4, 0.5) is 0 Å². The molecule has 3 N–H and O–H groups in total. The lowest BCUT2D eigenvalue weighted by atomic mass is 9.96. The first-order valence-corrected chi connectivity index (χ1v) is 8.20. The lowest BCUT2D eigenvalue weighted by Crippen LogP contribution is -2.42. The average molecular weight is 333 g/mol. The van der Waals surface area contributed by atoms with Gasteiger partial charge in [-0.2, -0.15) is 0 Å².